The van der Waals surface area contributed by atoms with E-state index in [1.54, 1.807) is 0 Å². The van der Waals surface area contributed by atoms with Gasteiger partial charge in [0.05, 0.1) is 30.6 Å². The number of amides is 1. The van der Waals surface area contributed by atoms with Crippen LogP contribution in [-0.2, 0) is 16.1 Å². The van der Waals surface area contributed by atoms with Crippen LogP contribution in [0.5, 0.6) is 5.75 Å². The smallest absolute Gasteiger partial charge is 0.230 e. The van der Waals surface area contributed by atoms with Crippen molar-refractivity contribution in [3.05, 3.63) is 41.7 Å². The van der Waals surface area contributed by atoms with Gasteiger partial charge in [-0.25, -0.2) is 4.98 Å². The molecule has 1 amide bonds. The van der Waals surface area contributed by atoms with Crippen LogP contribution in [0.25, 0.3) is 0 Å². The number of thioether (sulfide) groups is 1. The first-order valence-corrected chi connectivity index (χ1v) is 10.3. The number of nitrogens with one attached hydrogen (secondary N) is 1. The lowest BCUT2D eigenvalue weighted by molar-refractivity contribution is -0.118. The molecule has 2 heterocycles. The second-order valence-electron chi connectivity index (χ2n) is 6.61. The molecule has 1 saturated heterocycles. The molecule has 1 aliphatic heterocycles. The average Bonchev–Trinajstić information content (AvgIpc) is 3.28. The van der Waals surface area contributed by atoms with Crippen molar-refractivity contribution in [2.24, 2.45) is 0 Å². The average molecular weight is 390 g/mol. The molecule has 146 valence electrons. The molecular weight excluding hydrogens is 362 g/mol. The summed E-state index contributed by atoms with van der Waals surface area (Å²) in [4.78, 5) is 16.8. The molecule has 1 fully saturated rings. The van der Waals surface area contributed by atoms with Crippen LogP contribution in [0.3, 0.4) is 0 Å². The lowest BCUT2D eigenvalue weighted by Crippen LogP contribution is -2.29. The Hall–Kier alpha value is -1.99. The van der Waals surface area contributed by atoms with E-state index in [-0.39, 0.29) is 12.0 Å². The van der Waals surface area contributed by atoms with Crippen LogP contribution in [0.1, 0.15) is 24.2 Å². The van der Waals surface area contributed by atoms with Crippen LogP contribution >= 0.6 is 11.8 Å². The van der Waals surface area contributed by atoms with Gasteiger partial charge in [-0.1, -0.05) is 30.0 Å². The summed E-state index contributed by atoms with van der Waals surface area (Å²) in [7, 11) is 0. The Labute approximate surface area is 164 Å². The number of benzene rings is 1. The van der Waals surface area contributed by atoms with Gasteiger partial charge in [0.25, 0.3) is 0 Å². The van der Waals surface area contributed by atoms with Crippen molar-refractivity contribution in [3.8, 4) is 5.75 Å². The SMILES string of the molecule is Cc1nc(SCC(=O)NCCOc2ccccc2)n(CC2CCCO2)c1C. The number of nitrogens with zero attached hydrogens (tertiary/aromatic N) is 2. The summed E-state index contributed by atoms with van der Waals surface area (Å²) >= 11 is 1.47. The van der Waals surface area contributed by atoms with Crippen LogP contribution in [0, 0.1) is 13.8 Å². The zero-order valence-corrected chi connectivity index (χ0v) is 16.8. The van der Waals surface area contributed by atoms with Crippen LogP contribution in [-0.4, -0.2) is 47.1 Å². The van der Waals surface area contributed by atoms with Gasteiger partial charge in [0, 0.05) is 12.3 Å². The summed E-state index contributed by atoms with van der Waals surface area (Å²) in [5, 5.41) is 3.78. The summed E-state index contributed by atoms with van der Waals surface area (Å²) < 4.78 is 13.5. The van der Waals surface area contributed by atoms with Crippen LogP contribution in [0.4, 0.5) is 0 Å². The molecule has 1 aromatic heterocycles. The number of para-hydroxylation sites is 1. The van der Waals surface area contributed by atoms with Gasteiger partial charge in [-0.3, -0.25) is 4.79 Å². The highest BCUT2D eigenvalue weighted by Gasteiger charge is 2.20. The van der Waals surface area contributed by atoms with E-state index in [1.807, 2.05) is 37.3 Å². The van der Waals surface area contributed by atoms with Crippen molar-refractivity contribution >= 4 is 17.7 Å². The Morgan fingerprint density at radius 2 is 2.19 bits per heavy atom. The number of ether oxygens (including phenoxy) is 2. The highest BCUT2D eigenvalue weighted by Crippen LogP contribution is 2.24. The molecule has 1 aromatic carbocycles. The first kappa shape index (κ1) is 19.8. The number of carbonyl (C=O) groups excluding carboxylic acids is 1. The molecule has 1 unspecified atom stereocenters. The van der Waals surface area contributed by atoms with E-state index in [0.29, 0.717) is 18.9 Å². The molecule has 0 spiro atoms. The lowest BCUT2D eigenvalue weighted by Gasteiger charge is -2.14. The maximum atomic E-state index is 12.1. The van der Waals surface area contributed by atoms with Crippen LogP contribution in [0.2, 0.25) is 0 Å². The van der Waals surface area contributed by atoms with E-state index < -0.39 is 0 Å². The van der Waals surface area contributed by atoms with Crippen LogP contribution < -0.4 is 10.1 Å². The normalized spacial score (nSPS) is 16.4. The zero-order chi connectivity index (χ0) is 19.1. The minimum atomic E-state index is -0.0152. The first-order chi connectivity index (χ1) is 13.1. The molecule has 3 rings (SSSR count). The van der Waals surface area contributed by atoms with Crippen LogP contribution in [0.15, 0.2) is 35.5 Å². The quantitative estimate of drug-likeness (QED) is 0.528. The topological polar surface area (TPSA) is 65.4 Å². The summed E-state index contributed by atoms with van der Waals surface area (Å²) in [5.41, 5.74) is 2.15. The minimum absolute atomic E-state index is 0.0152. The van der Waals surface area contributed by atoms with Crippen molar-refractivity contribution in [2.75, 3.05) is 25.5 Å². The Kier molecular flexibility index (Phi) is 7.18. The maximum absolute atomic E-state index is 12.1. The second-order valence-corrected chi connectivity index (χ2v) is 7.55. The van der Waals surface area contributed by atoms with Crippen molar-refractivity contribution in [2.45, 2.75) is 44.5 Å². The standard InChI is InChI=1S/C20H27N3O3S/c1-15-16(2)23(13-18-9-6-11-25-18)20(22-15)27-14-19(24)21-10-12-26-17-7-4-3-5-8-17/h3-5,7-8,18H,6,9-14H2,1-2H3,(H,21,24). The van der Waals surface area contributed by atoms with E-state index in [1.165, 1.54) is 11.8 Å². The summed E-state index contributed by atoms with van der Waals surface area (Å²) in [6, 6.07) is 9.59. The van der Waals surface area contributed by atoms with Gasteiger partial charge in [0.15, 0.2) is 5.16 Å². The first-order valence-electron chi connectivity index (χ1n) is 9.36. The Morgan fingerprint density at radius 1 is 1.37 bits per heavy atom. The summed E-state index contributed by atoms with van der Waals surface area (Å²) in [5.74, 6) is 1.13. The zero-order valence-electron chi connectivity index (χ0n) is 15.9. The predicted molar refractivity (Wildman–Crippen MR) is 106 cm³/mol. The number of hydrogen-bond donors (Lipinski definition) is 1. The van der Waals surface area contributed by atoms with Gasteiger partial charge in [-0.05, 0) is 38.8 Å². The monoisotopic (exact) mass is 389 g/mol. The summed E-state index contributed by atoms with van der Waals surface area (Å²) in [6.45, 7) is 6.66. The van der Waals surface area contributed by atoms with Crippen molar-refractivity contribution in [1.82, 2.24) is 14.9 Å². The van der Waals surface area contributed by atoms with Crippen molar-refractivity contribution < 1.29 is 14.3 Å². The third-order valence-corrected chi connectivity index (χ3v) is 5.58. The number of rotatable bonds is 9. The number of aryl methyl sites for hydroxylation is 1. The Morgan fingerprint density at radius 3 is 2.93 bits per heavy atom. The molecule has 0 radical (unpaired) electrons. The molecule has 2 aromatic rings. The van der Waals surface area contributed by atoms with Gasteiger partial charge in [-0.15, -0.1) is 0 Å². The Bertz CT molecular complexity index is 742. The van der Waals surface area contributed by atoms with E-state index in [2.05, 4.69) is 21.8 Å². The molecule has 0 saturated carbocycles. The lowest BCUT2D eigenvalue weighted by atomic mass is 10.2. The van der Waals surface area contributed by atoms with E-state index in [9.17, 15) is 4.79 Å². The third kappa shape index (κ3) is 5.74. The van der Waals surface area contributed by atoms with E-state index >= 15 is 0 Å². The number of carbonyl (C=O) groups is 1. The molecule has 7 heteroatoms. The number of imidazole rings is 1. The molecule has 1 N–H and O–H groups in total. The van der Waals surface area contributed by atoms with Gasteiger partial charge >= 0.3 is 0 Å². The highest BCUT2D eigenvalue weighted by atomic mass is 32.2. The molecular formula is C20H27N3O3S. The van der Waals surface area contributed by atoms with Crippen molar-refractivity contribution in [1.29, 1.82) is 0 Å². The highest BCUT2D eigenvalue weighted by molar-refractivity contribution is 7.99. The molecule has 0 bridgehead atoms. The molecule has 6 nitrogen and oxygen atoms in total. The fourth-order valence-corrected chi connectivity index (χ4v) is 3.93. The Balaban J connectivity index is 1.43. The molecule has 27 heavy (non-hydrogen) atoms. The largest absolute Gasteiger partial charge is 0.492 e. The third-order valence-electron chi connectivity index (χ3n) is 4.60. The van der Waals surface area contributed by atoms with E-state index in [0.717, 1.165) is 48.3 Å². The molecule has 1 atom stereocenters. The van der Waals surface area contributed by atoms with Gasteiger partial charge < -0.3 is 19.4 Å². The fraction of sp³-hybridized carbons (Fsp3) is 0.500. The molecule has 1 aliphatic rings. The predicted octanol–water partition coefficient (Wildman–Crippen LogP) is 2.97. The minimum Gasteiger partial charge on any atom is -0.492 e. The van der Waals surface area contributed by atoms with Gasteiger partial charge in [0.1, 0.15) is 12.4 Å². The van der Waals surface area contributed by atoms with Crippen molar-refractivity contribution in [3.63, 3.8) is 0 Å². The summed E-state index contributed by atoms with van der Waals surface area (Å²) in [6.07, 6.45) is 2.45. The van der Waals surface area contributed by atoms with E-state index in [4.69, 9.17) is 9.47 Å². The van der Waals surface area contributed by atoms with Gasteiger partial charge in [-0.2, -0.15) is 0 Å². The second kappa shape index (κ2) is 9.80. The molecule has 0 aliphatic carbocycles. The maximum Gasteiger partial charge on any atom is 0.230 e. The fourth-order valence-electron chi connectivity index (χ4n) is 3.00. The van der Waals surface area contributed by atoms with Gasteiger partial charge in [0.2, 0.25) is 5.91 Å². The number of hydrogen-bond acceptors (Lipinski definition) is 5. The number of aromatic nitrogens is 2.